The van der Waals surface area contributed by atoms with Crippen molar-refractivity contribution in [3.05, 3.63) is 70.9 Å². The smallest absolute Gasteiger partial charge is 0.0485 e. The first-order valence-electron chi connectivity index (χ1n) is 8.47. The number of benzene rings is 2. The number of rotatable bonds is 3. The fourth-order valence-corrected chi connectivity index (χ4v) is 3.89. The van der Waals surface area contributed by atoms with Gasteiger partial charge >= 0.3 is 0 Å². The second kappa shape index (κ2) is 5.64. The average Bonchev–Trinajstić information content (AvgIpc) is 2.87. The summed E-state index contributed by atoms with van der Waals surface area (Å²) in [6.45, 7) is 3.30. The van der Waals surface area contributed by atoms with Crippen LogP contribution < -0.4 is 0 Å². The van der Waals surface area contributed by atoms with Crippen molar-refractivity contribution in [2.24, 2.45) is 0 Å². The molecule has 1 aliphatic rings. The van der Waals surface area contributed by atoms with Crippen LogP contribution in [0.2, 0.25) is 0 Å². The molecule has 1 heterocycles. The van der Waals surface area contributed by atoms with Gasteiger partial charge in [-0.1, -0.05) is 42.0 Å². The summed E-state index contributed by atoms with van der Waals surface area (Å²) < 4.78 is 2.59. The van der Waals surface area contributed by atoms with Crippen molar-refractivity contribution in [2.45, 2.75) is 45.6 Å². The maximum atomic E-state index is 2.59. The van der Waals surface area contributed by atoms with Gasteiger partial charge in [0.15, 0.2) is 0 Å². The van der Waals surface area contributed by atoms with E-state index in [2.05, 4.69) is 60.0 Å². The summed E-state index contributed by atoms with van der Waals surface area (Å²) in [6.07, 6.45) is 6.31. The lowest BCUT2D eigenvalue weighted by molar-refractivity contribution is 0.612. The maximum Gasteiger partial charge on any atom is 0.0485 e. The molecule has 0 unspecified atom stereocenters. The van der Waals surface area contributed by atoms with Crippen molar-refractivity contribution >= 4 is 10.9 Å². The van der Waals surface area contributed by atoms with Gasteiger partial charge in [-0.2, -0.15) is 0 Å². The number of nitrogens with zero attached hydrogens (tertiary/aromatic N) is 1. The Hall–Kier alpha value is -2.02. The predicted molar refractivity (Wildman–Crippen MR) is 93.5 cm³/mol. The Morgan fingerprint density at radius 3 is 2.64 bits per heavy atom. The van der Waals surface area contributed by atoms with Gasteiger partial charge in [-0.25, -0.2) is 0 Å². The molecule has 1 nitrogen and oxygen atoms in total. The third-order valence-corrected chi connectivity index (χ3v) is 5.00. The van der Waals surface area contributed by atoms with Crippen molar-refractivity contribution in [1.82, 2.24) is 4.57 Å². The van der Waals surface area contributed by atoms with Crippen LogP contribution in [0.4, 0.5) is 0 Å². The van der Waals surface area contributed by atoms with Crippen molar-refractivity contribution in [1.29, 1.82) is 0 Å². The third-order valence-electron chi connectivity index (χ3n) is 5.00. The van der Waals surface area contributed by atoms with Gasteiger partial charge in [0.2, 0.25) is 0 Å². The molecule has 0 aliphatic heterocycles. The molecule has 0 fully saturated rings. The van der Waals surface area contributed by atoms with Crippen molar-refractivity contribution in [3.8, 4) is 0 Å². The molecule has 0 radical (unpaired) electrons. The number of aryl methyl sites for hydroxylation is 4. The van der Waals surface area contributed by atoms with E-state index in [1.165, 1.54) is 47.7 Å². The van der Waals surface area contributed by atoms with E-state index in [-0.39, 0.29) is 0 Å². The van der Waals surface area contributed by atoms with Crippen LogP contribution in [-0.4, -0.2) is 4.57 Å². The number of hydrogen-bond donors (Lipinski definition) is 0. The van der Waals surface area contributed by atoms with Crippen LogP contribution in [0, 0.1) is 6.92 Å². The van der Waals surface area contributed by atoms with Gasteiger partial charge < -0.3 is 4.57 Å². The summed E-state index contributed by atoms with van der Waals surface area (Å²) in [4.78, 5) is 0. The SMILES string of the molecule is Cc1ccc2c(c1)c1c(n2CCc2ccccc2)CCCC1. The normalized spacial score (nSPS) is 14.2. The summed E-state index contributed by atoms with van der Waals surface area (Å²) >= 11 is 0. The zero-order valence-corrected chi connectivity index (χ0v) is 13.3. The second-order valence-corrected chi connectivity index (χ2v) is 6.54. The Bertz CT molecular complexity index is 796. The van der Waals surface area contributed by atoms with Gasteiger partial charge in [-0.15, -0.1) is 0 Å². The highest BCUT2D eigenvalue weighted by Crippen LogP contribution is 2.33. The zero-order chi connectivity index (χ0) is 14.9. The standard InChI is InChI=1S/C21H23N/c1-16-11-12-21-19(15-16)18-9-5-6-10-20(18)22(21)14-13-17-7-3-2-4-8-17/h2-4,7-8,11-12,15H,5-6,9-10,13-14H2,1H3. The molecule has 1 heteroatoms. The van der Waals surface area contributed by atoms with Crippen LogP contribution in [0.5, 0.6) is 0 Å². The number of hydrogen-bond acceptors (Lipinski definition) is 0. The van der Waals surface area contributed by atoms with Crippen LogP contribution in [0.15, 0.2) is 48.5 Å². The van der Waals surface area contributed by atoms with E-state index in [0.717, 1.165) is 13.0 Å². The molecule has 0 spiro atoms. The molecule has 2 aromatic carbocycles. The molecule has 1 aliphatic carbocycles. The molecule has 0 N–H and O–H groups in total. The molecule has 0 amide bonds. The Labute approximate surface area is 132 Å². The highest BCUT2D eigenvalue weighted by molar-refractivity contribution is 5.86. The van der Waals surface area contributed by atoms with Crippen molar-refractivity contribution in [2.75, 3.05) is 0 Å². The first kappa shape index (κ1) is 13.6. The van der Waals surface area contributed by atoms with Crippen LogP contribution >= 0.6 is 0 Å². The fraction of sp³-hybridized carbons (Fsp3) is 0.333. The molecule has 0 atom stereocenters. The third kappa shape index (κ3) is 2.35. The molecule has 112 valence electrons. The summed E-state index contributed by atoms with van der Waals surface area (Å²) in [7, 11) is 0. The van der Waals surface area contributed by atoms with E-state index in [9.17, 15) is 0 Å². The quantitative estimate of drug-likeness (QED) is 0.634. The minimum Gasteiger partial charge on any atom is -0.344 e. The van der Waals surface area contributed by atoms with Gasteiger partial charge in [-0.3, -0.25) is 0 Å². The highest BCUT2D eigenvalue weighted by atomic mass is 15.0. The lowest BCUT2D eigenvalue weighted by atomic mass is 9.95. The van der Waals surface area contributed by atoms with E-state index in [1.807, 2.05) is 0 Å². The molecule has 22 heavy (non-hydrogen) atoms. The van der Waals surface area contributed by atoms with Gasteiger partial charge in [-0.05, 0) is 62.3 Å². The Morgan fingerprint density at radius 1 is 0.955 bits per heavy atom. The van der Waals surface area contributed by atoms with Gasteiger partial charge in [0, 0.05) is 23.1 Å². The Morgan fingerprint density at radius 2 is 1.77 bits per heavy atom. The molecule has 3 aromatic rings. The number of aromatic nitrogens is 1. The zero-order valence-electron chi connectivity index (χ0n) is 13.3. The average molecular weight is 289 g/mol. The van der Waals surface area contributed by atoms with E-state index in [0.29, 0.717) is 0 Å². The van der Waals surface area contributed by atoms with Crippen LogP contribution in [-0.2, 0) is 25.8 Å². The fourth-order valence-electron chi connectivity index (χ4n) is 3.89. The highest BCUT2D eigenvalue weighted by Gasteiger charge is 2.19. The van der Waals surface area contributed by atoms with E-state index >= 15 is 0 Å². The minimum atomic E-state index is 1.10. The minimum absolute atomic E-state index is 1.10. The summed E-state index contributed by atoms with van der Waals surface area (Å²) in [6, 6.07) is 17.8. The summed E-state index contributed by atoms with van der Waals surface area (Å²) in [5.41, 5.74) is 7.47. The van der Waals surface area contributed by atoms with Gasteiger partial charge in [0.05, 0.1) is 0 Å². The molecular formula is C21H23N. The van der Waals surface area contributed by atoms with E-state index < -0.39 is 0 Å². The van der Waals surface area contributed by atoms with Crippen LogP contribution in [0.3, 0.4) is 0 Å². The Balaban J connectivity index is 1.76. The summed E-state index contributed by atoms with van der Waals surface area (Å²) in [5.74, 6) is 0. The first-order chi connectivity index (χ1) is 10.8. The largest absolute Gasteiger partial charge is 0.344 e. The monoisotopic (exact) mass is 289 g/mol. The lowest BCUT2D eigenvalue weighted by Crippen LogP contribution is -2.09. The van der Waals surface area contributed by atoms with Gasteiger partial charge in [0.25, 0.3) is 0 Å². The summed E-state index contributed by atoms with van der Waals surface area (Å²) in [5, 5.41) is 1.50. The van der Waals surface area contributed by atoms with Crippen molar-refractivity contribution in [3.63, 3.8) is 0 Å². The number of fused-ring (bicyclic) bond motifs is 3. The molecule has 0 saturated carbocycles. The van der Waals surface area contributed by atoms with Crippen LogP contribution in [0.1, 0.15) is 35.2 Å². The Kier molecular flexibility index (Phi) is 3.49. The molecule has 0 bridgehead atoms. The maximum absolute atomic E-state index is 2.59. The van der Waals surface area contributed by atoms with E-state index in [1.54, 1.807) is 11.3 Å². The molecule has 0 saturated heterocycles. The molecule has 1 aromatic heterocycles. The second-order valence-electron chi connectivity index (χ2n) is 6.54. The lowest BCUT2D eigenvalue weighted by Gasteiger charge is -2.16. The van der Waals surface area contributed by atoms with Crippen LogP contribution in [0.25, 0.3) is 10.9 Å². The van der Waals surface area contributed by atoms with Crippen molar-refractivity contribution < 1.29 is 0 Å². The first-order valence-corrected chi connectivity index (χ1v) is 8.47. The predicted octanol–water partition coefficient (Wildman–Crippen LogP) is 5.07. The molecular weight excluding hydrogens is 266 g/mol. The van der Waals surface area contributed by atoms with E-state index in [4.69, 9.17) is 0 Å². The van der Waals surface area contributed by atoms with Gasteiger partial charge in [0.1, 0.15) is 0 Å². The molecule has 4 rings (SSSR count). The topological polar surface area (TPSA) is 4.93 Å².